The van der Waals surface area contributed by atoms with Crippen LogP contribution in [-0.4, -0.2) is 40.0 Å². The second-order valence-electron chi connectivity index (χ2n) is 10.6. The van der Waals surface area contributed by atoms with Crippen LogP contribution < -0.4 is 18.9 Å². The van der Waals surface area contributed by atoms with Gasteiger partial charge in [0.25, 0.3) is 0 Å². The number of furan rings is 2. The Bertz CT molecular complexity index is 1630. The van der Waals surface area contributed by atoms with Crippen LogP contribution in [0.4, 0.5) is 0 Å². The van der Waals surface area contributed by atoms with Gasteiger partial charge in [0.15, 0.2) is 34.6 Å². The number of carbonyl (C=O) groups excluding carboxylic acids is 2. The lowest BCUT2D eigenvalue weighted by Gasteiger charge is -2.35. The quantitative estimate of drug-likeness (QED) is 0.302. The Morgan fingerprint density at radius 3 is 1.77 bits per heavy atom. The summed E-state index contributed by atoms with van der Waals surface area (Å²) >= 11 is 0. The normalized spacial score (nSPS) is 26.1. The summed E-state index contributed by atoms with van der Waals surface area (Å²) in [6.45, 7) is 0. The summed E-state index contributed by atoms with van der Waals surface area (Å²) in [5, 5.41) is 0. The SMILES string of the molecule is COc1cc2c(cc1OC)C(=O)[C@@]1(C2)[C@H](c2ccco2)[C@H]2C(=O)c3cc(OC)c(OC)cc3[C@H]2[C@@H]1c1ccco1. The van der Waals surface area contributed by atoms with Crippen molar-refractivity contribution in [1.29, 1.82) is 0 Å². The Labute approximate surface area is 230 Å². The summed E-state index contributed by atoms with van der Waals surface area (Å²) in [4.78, 5) is 29.2. The molecule has 5 atom stereocenters. The highest BCUT2D eigenvalue weighted by atomic mass is 16.5. The molecule has 8 nitrogen and oxygen atoms in total. The highest BCUT2D eigenvalue weighted by Crippen LogP contribution is 2.73. The first-order valence-electron chi connectivity index (χ1n) is 13.1. The highest BCUT2D eigenvalue weighted by Gasteiger charge is 2.72. The molecule has 0 aliphatic heterocycles. The monoisotopic (exact) mass is 540 g/mol. The molecule has 8 heteroatoms. The van der Waals surface area contributed by atoms with Gasteiger partial charge in [-0.2, -0.15) is 0 Å². The number of Topliss-reactive ketones (excluding diaryl/α,β-unsaturated/α-hetero) is 2. The average Bonchev–Trinajstić information content (AvgIpc) is 3.80. The maximum Gasteiger partial charge on any atom is 0.171 e. The van der Waals surface area contributed by atoms with E-state index >= 15 is 0 Å². The van der Waals surface area contributed by atoms with E-state index in [1.165, 1.54) is 0 Å². The number of ether oxygens (including phenoxy) is 4. The molecule has 204 valence electrons. The van der Waals surface area contributed by atoms with Gasteiger partial charge in [-0.3, -0.25) is 9.59 Å². The maximum absolute atomic E-state index is 14.8. The van der Waals surface area contributed by atoms with Gasteiger partial charge in [-0.05, 0) is 66.1 Å². The first kappa shape index (κ1) is 24.6. The van der Waals surface area contributed by atoms with Crippen molar-refractivity contribution >= 4 is 11.6 Å². The molecule has 7 rings (SSSR count). The van der Waals surface area contributed by atoms with Crippen LogP contribution in [0, 0.1) is 11.3 Å². The number of methoxy groups -OCH3 is 4. The van der Waals surface area contributed by atoms with Gasteiger partial charge in [0.1, 0.15) is 11.5 Å². The van der Waals surface area contributed by atoms with Gasteiger partial charge in [0.2, 0.25) is 0 Å². The smallest absolute Gasteiger partial charge is 0.171 e. The fourth-order valence-electron chi connectivity index (χ4n) is 7.73. The van der Waals surface area contributed by atoms with Crippen LogP contribution in [-0.2, 0) is 6.42 Å². The third-order valence-electron chi connectivity index (χ3n) is 9.16. The molecular formula is C32H28O8. The molecule has 3 aliphatic rings. The molecule has 0 amide bonds. The first-order chi connectivity index (χ1) is 19.5. The van der Waals surface area contributed by atoms with E-state index in [1.807, 2.05) is 30.3 Å². The Hall–Kier alpha value is -4.46. The van der Waals surface area contributed by atoms with Crippen LogP contribution in [0.15, 0.2) is 69.9 Å². The predicted molar refractivity (Wildman–Crippen MR) is 143 cm³/mol. The molecule has 2 aromatic carbocycles. The van der Waals surface area contributed by atoms with Crippen molar-refractivity contribution < 1.29 is 37.4 Å². The standard InChI is InChI=1S/C32H28O8/c1-35-22-11-16-15-32(31(34)17(16)12-23(22)36-2)28(20-7-5-9-39-20)26-18-13-24(37-3)25(38-4)14-19(18)30(33)27(26)29(32)21-8-6-10-40-21/h5-14,26-29H,15H2,1-4H3/t26-,27+,28+,29-,32-/m1/s1. The topological polar surface area (TPSA) is 97.3 Å². The molecular weight excluding hydrogens is 512 g/mol. The van der Waals surface area contributed by atoms with E-state index in [4.69, 9.17) is 27.8 Å². The Kier molecular flexibility index (Phi) is 5.39. The summed E-state index contributed by atoms with van der Waals surface area (Å²) in [6.07, 6.45) is 3.60. The number of benzene rings is 2. The van der Waals surface area contributed by atoms with Gasteiger partial charge in [-0.25, -0.2) is 0 Å². The van der Waals surface area contributed by atoms with Crippen molar-refractivity contribution in [1.82, 2.24) is 0 Å². The Morgan fingerprint density at radius 2 is 1.23 bits per heavy atom. The molecule has 2 heterocycles. The van der Waals surface area contributed by atoms with E-state index in [-0.39, 0.29) is 17.5 Å². The van der Waals surface area contributed by atoms with Crippen LogP contribution in [0.2, 0.25) is 0 Å². The second kappa shape index (κ2) is 8.78. The fourth-order valence-corrected chi connectivity index (χ4v) is 7.73. The van der Waals surface area contributed by atoms with Crippen LogP contribution in [0.5, 0.6) is 23.0 Å². The molecule has 40 heavy (non-hydrogen) atoms. The van der Waals surface area contributed by atoms with Gasteiger partial charge in [-0.1, -0.05) is 0 Å². The molecule has 0 radical (unpaired) electrons. The van der Waals surface area contributed by atoms with Crippen LogP contribution in [0.25, 0.3) is 0 Å². The van der Waals surface area contributed by atoms with E-state index in [0.29, 0.717) is 52.1 Å². The molecule has 0 N–H and O–H groups in total. The first-order valence-corrected chi connectivity index (χ1v) is 13.1. The minimum Gasteiger partial charge on any atom is -0.493 e. The van der Waals surface area contributed by atoms with Crippen molar-refractivity contribution in [2.45, 2.75) is 24.2 Å². The number of carbonyl (C=O) groups is 2. The van der Waals surface area contributed by atoms with Gasteiger partial charge in [-0.15, -0.1) is 0 Å². The number of ketones is 2. The Balaban J connectivity index is 1.52. The van der Waals surface area contributed by atoms with E-state index < -0.39 is 23.2 Å². The van der Waals surface area contributed by atoms with Gasteiger partial charge >= 0.3 is 0 Å². The molecule has 1 spiro atoms. The molecule has 0 unspecified atom stereocenters. The minimum atomic E-state index is -1.05. The largest absolute Gasteiger partial charge is 0.493 e. The third kappa shape index (κ3) is 3.01. The van der Waals surface area contributed by atoms with Crippen molar-refractivity contribution in [2.75, 3.05) is 28.4 Å². The van der Waals surface area contributed by atoms with E-state index in [1.54, 1.807) is 59.2 Å². The van der Waals surface area contributed by atoms with Crippen molar-refractivity contribution in [2.24, 2.45) is 11.3 Å². The lowest BCUT2D eigenvalue weighted by atomic mass is 9.64. The Morgan fingerprint density at radius 1 is 0.700 bits per heavy atom. The molecule has 4 aromatic rings. The zero-order chi connectivity index (χ0) is 27.8. The summed E-state index contributed by atoms with van der Waals surface area (Å²) in [6, 6.07) is 14.6. The number of rotatable bonds is 6. The summed E-state index contributed by atoms with van der Waals surface area (Å²) in [5.74, 6) is 1.27. The highest BCUT2D eigenvalue weighted by molar-refractivity contribution is 6.11. The van der Waals surface area contributed by atoms with Crippen LogP contribution in [0.1, 0.15) is 61.1 Å². The van der Waals surface area contributed by atoms with Gasteiger partial charge in [0.05, 0.1) is 46.4 Å². The number of fused-ring (bicyclic) bond motifs is 4. The predicted octanol–water partition coefficient (Wildman–Crippen LogP) is 5.81. The number of hydrogen-bond donors (Lipinski definition) is 0. The van der Waals surface area contributed by atoms with Crippen LogP contribution >= 0.6 is 0 Å². The molecule has 1 fully saturated rings. The lowest BCUT2D eigenvalue weighted by molar-refractivity contribution is 0.0713. The number of hydrogen-bond acceptors (Lipinski definition) is 8. The molecule has 0 saturated heterocycles. The lowest BCUT2D eigenvalue weighted by Crippen LogP contribution is -2.38. The van der Waals surface area contributed by atoms with E-state index in [0.717, 1.165) is 11.1 Å². The summed E-state index contributed by atoms with van der Waals surface area (Å²) in [7, 11) is 6.25. The average molecular weight is 541 g/mol. The molecule has 2 aromatic heterocycles. The fraction of sp³-hybridized carbons (Fsp3) is 0.312. The summed E-state index contributed by atoms with van der Waals surface area (Å²) in [5.41, 5.74) is 1.75. The van der Waals surface area contributed by atoms with Crippen LogP contribution in [0.3, 0.4) is 0 Å². The third-order valence-corrected chi connectivity index (χ3v) is 9.16. The second-order valence-corrected chi connectivity index (χ2v) is 10.6. The van der Waals surface area contributed by atoms with Crippen molar-refractivity contribution in [3.8, 4) is 23.0 Å². The van der Waals surface area contributed by atoms with Crippen molar-refractivity contribution in [3.63, 3.8) is 0 Å². The molecule has 1 saturated carbocycles. The van der Waals surface area contributed by atoms with E-state index in [2.05, 4.69) is 0 Å². The minimum absolute atomic E-state index is 0.0466. The van der Waals surface area contributed by atoms with Gasteiger partial charge in [0, 0.05) is 34.8 Å². The summed E-state index contributed by atoms with van der Waals surface area (Å²) < 4.78 is 34.4. The van der Waals surface area contributed by atoms with E-state index in [9.17, 15) is 9.59 Å². The zero-order valence-electron chi connectivity index (χ0n) is 22.6. The van der Waals surface area contributed by atoms with Gasteiger partial charge < -0.3 is 27.8 Å². The molecule has 3 aliphatic carbocycles. The molecule has 0 bridgehead atoms. The maximum atomic E-state index is 14.8. The zero-order valence-corrected chi connectivity index (χ0v) is 22.6. The van der Waals surface area contributed by atoms with Crippen molar-refractivity contribution in [3.05, 3.63) is 94.8 Å².